The van der Waals surface area contributed by atoms with E-state index in [1.54, 1.807) is 6.07 Å². The second-order valence-corrected chi connectivity index (χ2v) is 5.63. The lowest BCUT2D eigenvalue weighted by Gasteiger charge is -2.10. The normalized spacial score (nSPS) is 10.4. The second-order valence-electron chi connectivity index (χ2n) is 5.63. The van der Waals surface area contributed by atoms with Gasteiger partial charge in [0.25, 0.3) is 5.91 Å². The third kappa shape index (κ3) is 4.20. The maximum absolute atomic E-state index is 13.7. The van der Waals surface area contributed by atoms with Gasteiger partial charge in [-0.2, -0.15) is 0 Å². The van der Waals surface area contributed by atoms with Gasteiger partial charge in [-0.05, 0) is 18.2 Å². The number of halogens is 3. The van der Waals surface area contributed by atoms with Crippen LogP contribution in [-0.2, 0) is 6.54 Å². The van der Waals surface area contributed by atoms with Crippen LogP contribution in [-0.4, -0.2) is 23.0 Å². The molecular weight excluding hydrogens is 373 g/mol. The number of carbonyl (C=O) groups excluding carboxylic acids is 1. The molecule has 28 heavy (non-hydrogen) atoms. The van der Waals surface area contributed by atoms with Crippen LogP contribution in [0.3, 0.4) is 0 Å². The molecule has 3 aromatic rings. The Hall–Kier alpha value is -3.62. The largest absolute Gasteiger partial charge is 0.496 e. The number of methoxy groups -OCH3 is 1. The number of aromatic nitrogens is 2. The Morgan fingerprint density at radius 3 is 2.54 bits per heavy atom. The summed E-state index contributed by atoms with van der Waals surface area (Å²) in [5, 5.41) is 5.16. The number of ether oxygens (including phenoxy) is 1. The summed E-state index contributed by atoms with van der Waals surface area (Å²) in [5.74, 6) is -4.03. The number of hydrogen-bond acceptors (Lipinski definition) is 5. The molecule has 0 aliphatic carbocycles. The van der Waals surface area contributed by atoms with Crippen molar-refractivity contribution in [2.45, 2.75) is 6.54 Å². The van der Waals surface area contributed by atoms with Crippen molar-refractivity contribution in [2.75, 3.05) is 12.4 Å². The van der Waals surface area contributed by atoms with Gasteiger partial charge >= 0.3 is 0 Å². The highest BCUT2D eigenvalue weighted by molar-refractivity contribution is 5.92. The van der Waals surface area contributed by atoms with Crippen LogP contribution >= 0.6 is 0 Å². The van der Waals surface area contributed by atoms with Crippen molar-refractivity contribution in [3.05, 3.63) is 77.5 Å². The highest BCUT2D eigenvalue weighted by atomic mass is 19.2. The number of anilines is 2. The second kappa shape index (κ2) is 8.38. The van der Waals surface area contributed by atoms with Gasteiger partial charge in [-0.3, -0.25) is 4.79 Å². The average Bonchev–Trinajstić information content (AvgIpc) is 2.73. The molecule has 3 rings (SSSR count). The first-order valence-corrected chi connectivity index (χ1v) is 8.12. The molecule has 0 unspecified atom stereocenters. The van der Waals surface area contributed by atoms with Crippen molar-refractivity contribution >= 4 is 17.4 Å². The van der Waals surface area contributed by atoms with Crippen molar-refractivity contribution < 1.29 is 22.7 Å². The first-order valence-electron chi connectivity index (χ1n) is 8.12. The molecule has 2 aromatic carbocycles. The van der Waals surface area contributed by atoms with E-state index in [1.807, 2.05) is 18.2 Å². The fourth-order valence-electron chi connectivity index (χ4n) is 2.39. The number of nitrogens with one attached hydrogen (secondary N) is 2. The van der Waals surface area contributed by atoms with Crippen LogP contribution < -0.4 is 15.4 Å². The summed E-state index contributed by atoms with van der Waals surface area (Å²) < 4.78 is 45.1. The summed E-state index contributed by atoms with van der Waals surface area (Å²) >= 11 is 0. The monoisotopic (exact) mass is 388 g/mol. The fraction of sp³-hybridized carbons (Fsp3) is 0.105. The predicted octanol–water partition coefficient (Wildman–Crippen LogP) is 3.58. The van der Waals surface area contributed by atoms with Crippen LogP contribution in [0.4, 0.5) is 24.7 Å². The van der Waals surface area contributed by atoms with Crippen LogP contribution in [0.5, 0.6) is 5.75 Å². The Bertz CT molecular complexity index is 997. The van der Waals surface area contributed by atoms with Crippen molar-refractivity contribution in [3.63, 3.8) is 0 Å². The van der Waals surface area contributed by atoms with Crippen molar-refractivity contribution in [2.24, 2.45) is 0 Å². The lowest BCUT2D eigenvalue weighted by Crippen LogP contribution is -2.24. The predicted molar refractivity (Wildman–Crippen MR) is 95.8 cm³/mol. The number of para-hydroxylation sites is 1. The molecule has 0 saturated carbocycles. The van der Waals surface area contributed by atoms with Crippen LogP contribution in [0.25, 0.3) is 0 Å². The summed E-state index contributed by atoms with van der Waals surface area (Å²) in [4.78, 5) is 20.1. The molecule has 0 fully saturated rings. The van der Waals surface area contributed by atoms with E-state index < -0.39 is 23.4 Å². The number of amides is 1. The molecule has 9 heteroatoms. The topological polar surface area (TPSA) is 76.1 Å². The Labute approximate surface area is 158 Å². The lowest BCUT2D eigenvalue weighted by molar-refractivity contribution is 0.0945. The lowest BCUT2D eigenvalue weighted by atomic mass is 10.2. The molecule has 0 atom stereocenters. The van der Waals surface area contributed by atoms with E-state index in [9.17, 15) is 18.0 Å². The Balaban J connectivity index is 1.65. The van der Waals surface area contributed by atoms with Crippen molar-refractivity contribution in [1.29, 1.82) is 0 Å². The Morgan fingerprint density at radius 1 is 1.04 bits per heavy atom. The van der Waals surface area contributed by atoms with Gasteiger partial charge in [0.2, 0.25) is 0 Å². The zero-order valence-electron chi connectivity index (χ0n) is 14.7. The minimum atomic E-state index is -1.59. The van der Waals surface area contributed by atoms with Crippen LogP contribution in [0, 0.1) is 17.5 Å². The van der Waals surface area contributed by atoms with Crippen LogP contribution in [0.15, 0.2) is 48.8 Å². The van der Waals surface area contributed by atoms with E-state index in [0.29, 0.717) is 5.75 Å². The molecule has 144 valence electrons. The van der Waals surface area contributed by atoms with Crippen LogP contribution in [0.1, 0.15) is 16.1 Å². The number of nitrogens with zero attached hydrogens (tertiary/aromatic N) is 2. The maximum atomic E-state index is 13.7. The quantitative estimate of drug-likeness (QED) is 0.632. The van der Waals surface area contributed by atoms with Crippen molar-refractivity contribution in [1.82, 2.24) is 15.3 Å². The number of carbonyl (C=O) groups is 1. The smallest absolute Gasteiger partial charge is 0.271 e. The third-order valence-electron chi connectivity index (χ3n) is 3.81. The summed E-state index contributed by atoms with van der Waals surface area (Å²) in [6, 6.07) is 9.05. The molecule has 0 radical (unpaired) electrons. The summed E-state index contributed by atoms with van der Waals surface area (Å²) in [6.07, 6.45) is 2.36. The van der Waals surface area contributed by atoms with Gasteiger partial charge in [0.15, 0.2) is 17.5 Å². The molecule has 1 amide bonds. The molecular formula is C19H15F3N4O2. The third-order valence-corrected chi connectivity index (χ3v) is 3.81. The van der Waals surface area contributed by atoms with E-state index in [4.69, 9.17) is 4.74 Å². The zero-order valence-corrected chi connectivity index (χ0v) is 14.7. The Morgan fingerprint density at radius 2 is 1.82 bits per heavy atom. The van der Waals surface area contributed by atoms with E-state index in [0.717, 1.165) is 17.7 Å². The first kappa shape index (κ1) is 19.2. The first-order chi connectivity index (χ1) is 13.5. The van der Waals surface area contributed by atoms with E-state index in [-0.39, 0.29) is 23.7 Å². The van der Waals surface area contributed by atoms with Gasteiger partial charge in [-0.1, -0.05) is 18.2 Å². The molecule has 0 aliphatic rings. The van der Waals surface area contributed by atoms with E-state index >= 15 is 0 Å². The molecule has 0 spiro atoms. The number of hydrogen-bond donors (Lipinski definition) is 2. The van der Waals surface area contributed by atoms with Gasteiger partial charge in [-0.15, -0.1) is 0 Å². The minimum absolute atomic E-state index is 0.0335. The summed E-state index contributed by atoms with van der Waals surface area (Å²) in [5.41, 5.74) is 0.520. The average molecular weight is 388 g/mol. The van der Waals surface area contributed by atoms with E-state index in [1.165, 1.54) is 19.5 Å². The van der Waals surface area contributed by atoms with Crippen LogP contribution in [0.2, 0.25) is 0 Å². The van der Waals surface area contributed by atoms with Gasteiger partial charge in [0.05, 0.1) is 25.2 Å². The molecule has 1 heterocycles. The molecule has 1 aromatic heterocycles. The maximum Gasteiger partial charge on any atom is 0.271 e. The zero-order chi connectivity index (χ0) is 20.1. The van der Waals surface area contributed by atoms with Gasteiger partial charge in [0, 0.05) is 12.1 Å². The highest BCUT2D eigenvalue weighted by Crippen LogP contribution is 2.22. The summed E-state index contributed by atoms with van der Waals surface area (Å²) in [7, 11) is 1.54. The minimum Gasteiger partial charge on any atom is -0.496 e. The van der Waals surface area contributed by atoms with Crippen molar-refractivity contribution in [3.8, 4) is 5.75 Å². The highest BCUT2D eigenvalue weighted by Gasteiger charge is 2.14. The van der Waals surface area contributed by atoms with Gasteiger partial charge in [0.1, 0.15) is 17.3 Å². The standard InChI is InChI=1S/C19H15F3N4O2/c1-28-15-5-3-2-4-11(15)8-25-19(27)14-9-24-16(10-23-14)26-13-7-6-12(20)17(21)18(13)22/h2-7,9-10H,8H2,1H3,(H,24,26)(H,25,27). The Kier molecular flexibility index (Phi) is 5.73. The van der Waals surface area contributed by atoms with Gasteiger partial charge < -0.3 is 15.4 Å². The molecule has 2 N–H and O–H groups in total. The summed E-state index contributed by atoms with van der Waals surface area (Å²) in [6.45, 7) is 0.227. The molecule has 0 aliphatic heterocycles. The SMILES string of the molecule is COc1ccccc1CNC(=O)c1cnc(Nc2ccc(F)c(F)c2F)cn1. The van der Waals surface area contributed by atoms with Gasteiger partial charge in [-0.25, -0.2) is 23.1 Å². The molecule has 6 nitrogen and oxygen atoms in total. The van der Waals surface area contributed by atoms with E-state index in [2.05, 4.69) is 20.6 Å². The fourth-order valence-corrected chi connectivity index (χ4v) is 2.39. The number of rotatable bonds is 6. The molecule has 0 bridgehead atoms. The number of benzene rings is 2. The molecule has 0 saturated heterocycles.